The second kappa shape index (κ2) is 8.10. The second-order valence-electron chi connectivity index (χ2n) is 5.90. The third kappa shape index (κ3) is 3.91. The molecular weight excluding hydrogens is 339 g/mol. The molecule has 0 spiro atoms. The van der Waals surface area contributed by atoms with E-state index < -0.39 is 36.6 Å². The van der Waals surface area contributed by atoms with Crippen molar-refractivity contribution in [1.29, 1.82) is 0 Å². The van der Waals surface area contributed by atoms with Crippen LogP contribution in [0, 0.1) is 0 Å². The van der Waals surface area contributed by atoms with Gasteiger partial charge in [-0.2, -0.15) is 0 Å². The average molecular weight is 358 g/mol. The number of benzene rings is 2. The standard InChI is InChI=1S/C20H19FO5/c1-2-15-17(25-18(22)13-9-5-3-6-10-13)16(21)20(24-15)26-19(23)14-11-7-4-8-12-14/h3-12,15-17,20H,2H2,1H3/t15-,16-,17?,20-/m1/s1. The van der Waals surface area contributed by atoms with E-state index in [9.17, 15) is 14.0 Å². The molecule has 1 heterocycles. The van der Waals surface area contributed by atoms with Gasteiger partial charge in [-0.3, -0.25) is 0 Å². The van der Waals surface area contributed by atoms with E-state index in [1.807, 2.05) is 0 Å². The first-order valence-electron chi connectivity index (χ1n) is 8.41. The average Bonchev–Trinajstić information content (AvgIpc) is 2.98. The Balaban J connectivity index is 1.67. The molecule has 1 aliphatic rings. The van der Waals surface area contributed by atoms with Gasteiger partial charge in [0.1, 0.15) is 6.10 Å². The van der Waals surface area contributed by atoms with Gasteiger partial charge in [0, 0.05) is 0 Å². The molecule has 2 aromatic carbocycles. The largest absolute Gasteiger partial charge is 0.453 e. The van der Waals surface area contributed by atoms with Gasteiger partial charge in [0.2, 0.25) is 12.5 Å². The van der Waals surface area contributed by atoms with E-state index in [1.54, 1.807) is 67.6 Å². The molecule has 1 saturated heterocycles. The molecule has 0 N–H and O–H groups in total. The van der Waals surface area contributed by atoms with Crippen molar-refractivity contribution in [3.8, 4) is 0 Å². The van der Waals surface area contributed by atoms with Crippen molar-refractivity contribution in [3.63, 3.8) is 0 Å². The molecule has 1 aliphatic heterocycles. The smallest absolute Gasteiger partial charge is 0.340 e. The summed E-state index contributed by atoms with van der Waals surface area (Å²) in [7, 11) is 0. The first-order valence-corrected chi connectivity index (χ1v) is 8.41. The Morgan fingerprint density at radius 1 is 0.923 bits per heavy atom. The van der Waals surface area contributed by atoms with Crippen LogP contribution in [0.2, 0.25) is 0 Å². The van der Waals surface area contributed by atoms with Crippen LogP contribution in [0.15, 0.2) is 60.7 Å². The number of esters is 2. The van der Waals surface area contributed by atoms with Crippen molar-refractivity contribution in [2.24, 2.45) is 0 Å². The van der Waals surface area contributed by atoms with E-state index in [4.69, 9.17) is 14.2 Å². The van der Waals surface area contributed by atoms with E-state index >= 15 is 0 Å². The fraction of sp³-hybridized carbons (Fsp3) is 0.300. The van der Waals surface area contributed by atoms with Crippen molar-refractivity contribution in [1.82, 2.24) is 0 Å². The van der Waals surface area contributed by atoms with Crippen LogP contribution in [-0.2, 0) is 14.2 Å². The summed E-state index contributed by atoms with van der Waals surface area (Å²) >= 11 is 0. The Labute approximate surface area is 150 Å². The number of halogens is 1. The Kier molecular flexibility index (Phi) is 5.63. The fourth-order valence-corrected chi connectivity index (χ4v) is 2.76. The van der Waals surface area contributed by atoms with E-state index in [1.165, 1.54) is 0 Å². The van der Waals surface area contributed by atoms with Crippen molar-refractivity contribution >= 4 is 11.9 Å². The van der Waals surface area contributed by atoms with Gasteiger partial charge >= 0.3 is 11.9 Å². The summed E-state index contributed by atoms with van der Waals surface area (Å²) in [5.41, 5.74) is 0.611. The zero-order valence-corrected chi connectivity index (χ0v) is 14.2. The molecule has 0 saturated carbocycles. The lowest BCUT2D eigenvalue weighted by atomic mass is 10.1. The minimum atomic E-state index is -1.76. The van der Waals surface area contributed by atoms with Gasteiger partial charge in [0.05, 0.1) is 11.1 Å². The van der Waals surface area contributed by atoms with E-state index in [-0.39, 0.29) is 0 Å². The summed E-state index contributed by atoms with van der Waals surface area (Å²) in [5, 5.41) is 0. The third-order valence-electron chi connectivity index (χ3n) is 4.14. The minimum Gasteiger partial charge on any atom is -0.453 e. The fourth-order valence-electron chi connectivity index (χ4n) is 2.76. The zero-order valence-electron chi connectivity index (χ0n) is 14.2. The highest BCUT2D eigenvalue weighted by atomic mass is 19.1. The van der Waals surface area contributed by atoms with Gasteiger partial charge < -0.3 is 14.2 Å². The molecule has 26 heavy (non-hydrogen) atoms. The Hall–Kier alpha value is -2.73. The van der Waals surface area contributed by atoms with E-state index in [0.717, 1.165) is 0 Å². The number of alkyl halides is 1. The molecule has 6 heteroatoms. The Morgan fingerprint density at radius 3 is 1.92 bits per heavy atom. The molecule has 0 aromatic heterocycles. The number of hydrogen-bond acceptors (Lipinski definition) is 5. The molecule has 0 radical (unpaired) electrons. The van der Waals surface area contributed by atoms with Crippen molar-refractivity contribution < 1.29 is 28.2 Å². The van der Waals surface area contributed by atoms with Crippen LogP contribution in [0.3, 0.4) is 0 Å². The van der Waals surface area contributed by atoms with Gasteiger partial charge in [0.15, 0.2) is 6.10 Å². The van der Waals surface area contributed by atoms with Crippen molar-refractivity contribution in [3.05, 3.63) is 71.8 Å². The predicted octanol–water partition coefficient (Wildman–Crippen LogP) is 3.54. The lowest BCUT2D eigenvalue weighted by molar-refractivity contribution is -0.121. The van der Waals surface area contributed by atoms with Crippen LogP contribution in [0.1, 0.15) is 34.1 Å². The molecule has 5 nitrogen and oxygen atoms in total. The number of rotatable bonds is 5. The van der Waals surface area contributed by atoms with Gasteiger partial charge in [-0.25, -0.2) is 14.0 Å². The topological polar surface area (TPSA) is 61.8 Å². The normalized spacial score (nSPS) is 24.8. The first-order chi connectivity index (χ1) is 12.6. The second-order valence-corrected chi connectivity index (χ2v) is 5.90. The summed E-state index contributed by atoms with van der Waals surface area (Å²) in [5.74, 6) is -1.33. The molecule has 2 aromatic rings. The SMILES string of the molecule is CC[C@H]1O[C@H](OC(=O)c2ccccc2)[C@H](F)C1OC(=O)c1ccccc1. The van der Waals surface area contributed by atoms with Gasteiger partial charge in [-0.05, 0) is 30.7 Å². The maximum absolute atomic E-state index is 14.8. The molecular formula is C20H19FO5. The first kappa shape index (κ1) is 18.1. The summed E-state index contributed by atoms with van der Waals surface area (Å²) < 4.78 is 30.7. The molecule has 136 valence electrons. The van der Waals surface area contributed by atoms with Gasteiger partial charge in [-0.15, -0.1) is 0 Å². The molecule has 0 bridgehead atoms. The maximum atomic E-state index is 14.8. The predicted molar refractivity (Wildman–Crippen MR) is 91.4 cm³/mol. The van der Waals surface area contributed by atoms with Gasteiger partial charge in [0.25, 0.3) is 0 Å². The molecule has 1 fully saturated rings. The third-order valence-corrected chi connectivity index (χ3v) is 4.14. The highest BCUT2D eigenvalue weighted by Gasteiger charge is 2.49. The maximum Gasteiger partial charge on any atom is 0.340 e. The Morgan fingerprint density at radius 2 is 1.42 bits per heavy atom. The lowest BCUT2D eigenvalue weighted by Crippen LogP contribution is -2.35. The van der Waals surface area contributed by atoms with Crippen molar-refractivity contribution in [2.75, 3.05) is 0 Å². The summed E-state index contributed by atoms with van der Waals surface area (Å²) in [4.78, 5) is 24.3. The quantitative estimate of drug-likeness (QED) is 0.765. The summed E-state index contributed by atoms with van der Waals surface area (Å²) in [6, 6.07) is 16.6. The summed E-state index contributed by atoms with van der Waals surface area (Å²) in [6.45, 7) is 1.78. The zero-order chi connectivity index (χ0) is 18.5. The minimum absolute atomic E-state index is 0.293. The van der Waals surface area contributed by atoms with Crippen LogP contribution in [0.4, 0.5) is 4.39 Å². The Bertz CT molecular complexity index is 749. The van der Waals surface area contributed by atoms with Crippen molar-refractivity contribution in [2.45, 2.75) is 38.0 Å². The highest BCUT2D eigenvalue weighted by Crippen LogP contribution is 2.30. The molecule has 4 atom stereocenters. The number of carbonyl (C=O) groups is 2. The van der Waals surface area contributed by atoms with Crippen LogP contribution >= 0.6 is 0 Å². The number of carbonyl (C=O) groups excluding carboxylic acids is 2. The lowest BCUT2D eigenvalue weighted by Gasteiger charge is -2.18. The molecule has 0 amide bonds. The van der Waals surface area contributed by atoms with Crippen LogP contribution in [0.25, 0.3) is 0 Å². The van der Waals surface area contributed by atoms with Crippen LogP contribution < -0.4 is 0 Å². The number of hydrogen-bond donors (Lipinski definition) is 0. The highest BCUT2D eigenvalue weighted by molar-refractivity contribution is 5.90. The summed E-state index contributed by atoms with van der Waals surface area (Å²) in [6.07, 6.45) is -4.60. The number of ether oxygens (including phenoxy) is 3. The van der Waals surface area contributed by atoms with Crippen LogP contribution in [-0.4, -0.2) is 36.6 Å². The van der Waals surface area contributed by atoms with Gasteiger partial charge in [-0.1, -0.05) is 43.3 Å². The molecule has 1 unspecified atom stereocenters. The molecule has 0 aliphatic carbocycles. The monoisotopic (exact) mass is 358 g/mol. The van der Waals surface area contributed by atoms with E-state index in [2.05, 4.69) is 0 Å². The van der Waals surface area contributed by atoms with E-state index in [0.29, 0.717) is 17.5 Å². The van der Waals surface area contributed by atoms with Crippen LogP contribution in [0.5, 0.6) is 0 Å². The molecule has 3 rings (SSSR count).